The normalized spacial score (nSPS) is 9.88. The van der Waals surface area contributed by atoms with E-state index < -0.39 is 0 Å². The molecule has 6 nitrogen and oxygen atoms in total. The Bertz CT molecular complexity index is 373. The zero-order valence-corrected chi connectivity index (χ0v) is 9.28. The van der Waals surface area contributed by atoms with Crippen molar-refractivity contribution >= 4 is 11.9 Å². The van der Waals surface area contributed by atoms with E-state index in [2.05, 4.69) is 10.5 Å². The van der Waals surface area contributed by atoms with Crippen LogP contribution in [-0.2, 0) is 9.53 Å². The Morgan fingerprint density at radius 1 is 1.56 bits per heavy atom. The number of esters is 1. The number of nitrogens with one attached hydrogen (secondary N) is 1. The van der Waals surface area contributed by atoms with Crippen molar-refractivity contribution in [2.75, 3.05) is 13.2 Å². The highest BCUT2D eigenvalue weighted by Crippen LogP contribution is 2.04. The minimum atomic E-state index is -0.376. The van der Waals surface area contributed by atoms with E-state index in [1.165, 1.54) is 6.20 Å². The first-order valence-corrected chi connectivity index (χ1v) is 5.00. The molecular weight excluding hydrogens is 212 g/mol. The van der Waals surface area contributed by atoms with E-state index in [9.17, 15) is 9.59 Å². The van der Waals surface area contributed by atoms with Crippen LogP contribution in [0.4, 0.5) is 0 Å². The smallest absolute Gasteiger partial charge is 0.307 e. The van der Waals surface area contributed by atoms with E-state index in [1.807, 2.05) is 0 Å². The third-order valence-corrected chi connectivity index (χ3v) is 1.87. The second-order valence-electron chi connectivity index (χ2n) is 3.15. The minimum Gasteiger partial charge on any atom is -0.466 e. The molecule has 0 aliphatic carbocycles. The van der Waals surface area contributed by atoms with Crippen LogP contribution >= 0.6 is 0 Å². The second kappa shape index (κ2) is 5.89. The summed E-state index contributed by atoms with van der Waals surface area (Å²) in [6.07, 6.45) is 1.60. The van der Waals surface area contributed by atoms with Crippen LogP contribution in [0.1, 0.15) is 29.5 Å². The van der Waals surface area contributed by atoms with Crippen molar-refractivity contribution in [2.45, 2.75) is 20.3 Å². The molecule has 6 heteroatoms. The molecule has 88 valence electrons. The summed E-state index contributed by atoms with van der Waals surface area (Å²) in [5, 5.41) is 6.03. The lowest BCUT2D eigenvalue weighted by Gasteiger charge is -2.03. The highest BCUT2D eigenvalue weighted by molar-refractivity contribution is 5.92. The Morgan fingerprint density at radius 3 is 2.88 bits per heavy atom. The number of hydrogen-bond acceptors (Lipinski definition) is 5. The van der Waals surface area contributed by atoms with E-state index >= 15 is 0 Å². The van der Waals surface area contributed by atoms with Crippen LogP contribution < -0.4 is 5.32 Å². The van der Waals surface area contributed by atoms with Gasteiger partial charge in [-0.25, -0.2) is 0 Å². The summed E-state index contributed by atoms with van der Waals surface area (Å²) < 4.78 is 9.46. The number of rotatable bonds is 5. The standard InChI is InChI=1S/C10H14N2O4/c1-3-15-8(13)4-5-11-10(14)9-7(2)6-12-16-9/h6H,3-5H2,1-2H3,(H,11,14). The highest BCUT2D eigenvalue weighted by atomic mass is 16.5. The molecule has 0 spiro atoms. The summed E-state index contributed by atoms with van der Waals surface area (Å²) in [7, 11) is 0. The van der Waals surface area contributed by atoms with Gasteiger partial charge in [0.1, 0.15) is 0 Å². The van der Waals surface area contributed by atoms with Gasteiger partial charge in [0.25, 0.3) is 5.91 Å². The van der Waals surface area contributed by atoms with Gasteiger partial charge in [0.15, 0.2) is 0 Å². The van der Waals surface area contributed by atoms with Gasteiger partial charge in [-0.05, 0) is 13.8 Å². The molecular formula is C10H14N2O4. The summed E-state index contributed by atoms with van der Waals surface area (Å²) in [5.41, 5.74) is 0.661. The zero-order valence-electron chi connectivity index (χ0n) is 9.28. The minimum absolute atomic E-state index is 0.146. The molecule has 16 heavy (non-hydrogen) atoms. The maximum absolute atomic E-state index is 11.5. The van der Waals surface area contributed by atoms with E-state index in [0.29, 0.717) is 12.2 Å². The summed E-state index contributed by atoms with van der Waals surface area (Å²) in [6, 6.07) is 0. The fraction of sp³-hybridized carbons (Fsp3) is 0.500. The first-order chi connectivity index (χ1) is 7.65. The third kappa shape index (κ3) is 3.38. The lowest BCUT2D eigenvalue weighted by atomic mass is 10.3. The number of hydrogen-bond donors (Lipinski definition) is 1. The third-order valence-electron chi connectivity index (χ3n) is 1.87. The van der Waals surface area contributed by atoms with Crippen LogP contribution in [-0.4, -0.2) is 30.2 Å². The fourth-order valence-electron chi connectivity index (χ4n) is 1.10. The van der Waals surface area contributed by atoms with Crippen molar-refractivity contribution in [1.82, 2.24) is 10.5 Å². The molecule has 0 aromatic carbocycles. The Morgan fingerprint density at radius 2 is 2.31 bits per heavy atom. The summed E-state index contributed by atoms with van der Waals surface area (Å²) in [5.74, 6) is -0.541. The Balaban J connectivity index is 2.31. The zero-order chi connectivity index (χ0) is 12.0. The molecule has 0 unspecified atom stereocenters. The monoisotopic (exact) mass is 226 g/mol. The van der Waals surface area contributed by atoms with Crippen LogP contribution in [0.2, 0.25) is 0 Å². The summed E-state index contributed by atoms with van der Waals surface area (Å²) in [4.78, 5) is 22.4. The predicted octanol–water partition coefficient (Wildman–Crippen LogP) is 0.666. The van der Waals surface area contributed by atoms with Crippen LogP contribution in [0.25, 0.3) is 0 Å². The Hall–Kier alpha value is -1.85. The van der Waals surface area contributed by atoms with E-state index in [-0.39, 0.29) is 30.6 Å². The lowest BCUT2D eigenvalue weighted by molar-refractivity contribution is -0.142. The molecule has 1 N–H and O–H groups in total. The molecule has 1 rings (SSSR count). The van der Waals surface area contributed by atoms with Crippen molar-refractivity contribution in [3.8, 4) is 0 Å². The quantitative estimate of drug-likeness (QED) is 0.746. The number of amides is 1. The lowest BCUT2D eigenvalue weighted by Crippen LogP contribution is -2.26. The van der Waals surface area contributed by atoms with Gasteiger partial charge < -0.3 is 14.6 Å². The van der Waals surface area contributed by atoms with Crippen molar-refractivity contribution in [2.24, 2.45) is 0 Å². The number of carbonyl (C=O) groups excluding carboxylic acids is 2. The first kappa shape index (κ1) is 12.2. The van der Waals surface area contributed by atoms with Crippen molar-refractivity contribution in [3.05, 3.63) is 17.5 Å². The molecule has 0 radical (unpaired) electrons. The SMILES string of the molecule is CCOC(=O)CCNC(=O)c1oncc1C. The topological polar surface area (TPSA) is 81.4 Å². The summed E-state index contributed by atoms with van der Waals surface area (Å²) >= 11 is 0. The molecule has 0 saturated carbocycles. The Kier molecular flexibility index (Phi) is 4.50. The van der Waals surface area contributed by atoms with E-state index in [1.54, 1.807) is 13.8 Å². The van der Waals surface area contributed by atoms with Crippen LogP contribution in [0.15, 0.2) is 10.7 Å². The van der Waals surface area contributed by atoms with E-state index in [0.717, 1.165) is 0 Å². The molecule has 0 aliphatic heterocycles. The predicted molar refractivity (Wildman–Crippen MR) is 54.8 cm³/mol. The molecule has 0 fully saturated rings. The number of aromatic nitrogens is 1. The van der Waals surface area contributed by atoms with Gasteiger partial charge in [0.2, 0.25) is 5.76 Å². The maximum atomic E-state index is 11.5. The van der Waals surface area contributed by atoms with Gasteiger partial charge in [0.05, 0.1) is 19.2 Å². The maximum Gasteiger partial charge on any atom is 0.307 e. The van der Waals surface area contributed by atoms with Gasteiger partial charge >= 0.3 is 5.97 Å². The van der Waals surface area contributed by atoms with Crippen LogP contribution in [0.5, 0.6) is 0 Å². The highest BCUT2D eigenvalue weighted by Gasteiger charge is 2.13. The van der Waals surface area contributed by atoms with Gasteiger partial charge in [-0.1, -0.05) is 5.16 Å². The summed E-state index contributed by atoms with van der Waals surface area (Å²) in [6.45, 7) is 4.01. The average molecular weight is 226 g/mol. The van der Waals surface area contributed by atoms with Crippen molar-refractivity contribution < 1.29 is 18.8 Å². The van der Waals surface area contributed by atoms with Crippen molar-refractivity contribution in [3.63, 3.8) is 0 Å². The molecule has 0 saturated heterocycles. The average Bonchev–Trinajstić information content (AvgIpc) is 2.64. The number of aryl methyl sites for hydroxylation is 1. The molecule has 0 bridgehead atoms. The number of ether oxygens (including phenoxy) is 1. The number of carbonyl (C=O) groups is 2. The molecule has 0 atom stereocenters. The second-order valence-corrected chi connectivity index (χ2v) is 3.15. The molecule has 0 aliphatic rings. The first-order valence-electron chi connectivity index (χ1n) is 5.00. The van der Waals surface area contributed by atoms with Gasteiger partial charge in [0, 0.05) is 12.1 Å². The van der Waals surface area contributed by atoms with Crippen molar-refractivity contribution in [1.29, 1.82) is 0 Å². The molecule has 1 aromatic rings. The molecule has 1 aromatic heterocycles. The van der Waals surface area contributed by atoms with Gasteiger partial charge in [-0.3, -0.25) is 9.59 Å². The van der Waals surface area contributed by atoms with Crippen LogP contribution in [0, 0.1) is 6.92 Å². The van der Waals surface area contributed by atoms with E-state index in [4.69, 9.17) is 9.26 Å². The van der Waals surface area contributed by atoms with Gasteiger partial charge in [-0.15, -0.1) is 0 Å². The number of nitrogens with zero attached hydrogens (tertiary/aromatic N) is 1. The largest absolute Gasteiger partial charge is 0.466 e. The van der Waals surface area contributed by atoms with Gasteiger partial charge in [-0.2, -0.15) is 0 Å². The fourth-order valence-corrected chi connectivity index (χ4v) is 1.10. The van der Waals surface area contributed by atoms with Crippen LogP contribution in [0.3, 0.4) is 0 Å². The molecule has 1 amide bonds. The Labute approximate surface area is 92.9 Å². The molecule has 1 heterocycles.